The van der Waals surface area contributed by atoms with Crippen molar-refractivity contribution in [3.8, 4) is 11.5 Å². The van der Waals surface area contributed by atoms with E-state index in [1.165, 1.54) is 0 Å². The summed E-state index contributed by atoms with van der Waals surface area (Å²) in [5.41, 5.74) is 0.463. The molecule has 0 unspecified atom stereocenters. The zero-order valence-electron chi connectivity index (χ0n) is 19.3. The summed E-state index contributed by atoms with van der Waals surface area (Å²) in [6.07, 6.45) is -3.11. The molecular weight excluding hydrogens is 630 g/mol. The third-order valence-electron chi connectivity index (χ3n) is 5.01. The van der Waals surface area contributed by atoms with Crippen LogP contribution in [0, 0.1) is 0 Å². The Morgan fingerprint density at radius 2 is 1.62 bits per heavy atom. The Kier molecular flexibility index (Phi) is 10.8. The summed E-state index contributed by atoms with van der Waals surface area (Å²) in [5.74, 6) is -1.03. The molecule has 0 aliphatic heterocycles. The van der Waals surface area contributed by atoms with E-state index in [2.05, 4.69) is 49.8 Å². The predicted octanol–water partition coefficient (Wildman–Crippen LogP) is 5.84. The summed E-state index contributed by atoms with van der Waals surface area (Å²) >= 11 is 10.6. The van der Waals surface area contributed by atoms with Gasteiger partial charge in [-0.15, -0.1) is 0 Å². The van der Waals surface area contributed by atoms with Gasteiger partial charge in [0.05, 0.1) is 16.8 Å². The zero-order valence-corrected chi connectivity index (χ0v) is 23.4. The third-order valence-corrected chi connectivity index (χ3v) is 6.33. The number of phenolic OH excluding ortho intramolecular Hbond substituents is 1. The molecule has 2 N–H and O–H groups in total. The van der Waals surface area contributed by atoms with E-state index in [0.717, 1.165) is 0 Å². The van der Waals surface area contributed by atoms with Gasteiger partial charge in [0.2, 0.25) is 0 Å². The van der Waals surface area contributed by atoms with Gasteiger partial charge in [0.25, 0.3) is 5.91 Å². The Labute approximate surface area is 236 Å². The molecule has 3 rings (SSSR count). The highest BCUT2D eigenvalue weighted by atomic mass is 79.9. The molecule has 0 saturated carbocycles. The van der Waals surface area contributed by atoms with Gasteiger partial charge in [-0.05, 0) is 52.3 Å². The molecule has 0 aliphatic rings. The van der Waals surface area contributed by atoms with Crippen LogP contribution in [0.15, 0.2) is 81.7 Å². The fraction of sp³-hybridized carbons (Fsp3) is 0.192. The highest BCUT2D eigenvalue weighted by Crippen LogP contribution is 2.39. The minimum absolute atomic E-state index is 0.0722. The van der Waals surface area contributed by atoms with E-state index in [0.29, 0.717) is 14.7 Å². The summed E-state index contributed by atoms with van der Waals surface area (Å²) in [5, 5.41) is 13.0. The Balaban J connectivity index is 1.94. The van der Waals surface area contributed by atoms with Gasteiger partial charge < -0.3 is 19.3 Å². The molecule has 0 saturated heterocycles. The quantitative estimate of drug-likeness (QED) is 0.187. The average molecular weight is 653 g/mol. The second kappa shape index (κ2) is 14.1. The summed E-state index contributed by atoms with van der Waals surface area (Å²) in [7, 11) is 0. The van der Waals surface area contributed by atoms with Crippen LogP contribution >= 0.6 is 44.5 Å². The number of halogens is 2. The monoisotopic (exact) mass is 651 g/mol. The lowest BCUT2D eigenvalue weighted by Crippen LogP contribution is -2.37. The molecule has 0 fully saturated rings. The maximum absolute atomic E-state index is 12.9. The van der Waals surface area contributed by atoms with Crippen LogP contribution in [-0.4, -0.2) is 41.5 Å². The number of hydrogen-bond donors (Lipinski definition) is 3. The lowest BCUT2D eigenvalue weighted by molar-refractivity contribution is -0.141. The number of imide groups is 1. The number of alkyl carbamates (subject to hydrolysis) is 1. The molecule has 0 bridgehead atoms. The van der Waals surface area contributed by atoms with Crippen LogP contribution in [0.3, 0.4) is 0 Å². The highest BCUT2D eigenvalue weighted by Gasteiger charge is 2.33. The molecule has 8 nitrogen and oxygen atoms in total. The molecule has 0 heterocycles. The normalized spacial score (nSPS) is 12.2. The number of esters is 1. The number of hydrogen-bond acceptors (Lipinski definition) is 8. The summed E-state index contributed by atoms with van der Waals surface area (Å²) in [6.45, 7) is -0.0722. The van der Waals surface area contributed by atoms with E-state index in [4.69, 9.17) is 14.2 Å². The molecule has 194 valence electrons. The number of benzene rings is 3. The minimum Gasteiger partial charge on any atom is -0.506 e. The molecule has 0 radical (unpaired) electrons. The average Bonchev–Trinajstić information content (AvgIpc) is 2.90. The van der Waals surface area contributed by atoms with Gasteiger partial charge >= 0.3 is 12.1 Å². The highest BCUT2D eigenvalue weighted by molar-refractivity contribution is 9.11. The SMILES string of the molecule is O=C(CS)OCC[C@@H](Oc1ccccc1)[C@H](OC(=O)NC(=O)c1ccccc1)c1cc(Br)cc(Br)c1O. The Morgan fingerprint density at radius 3 is 2.27 bits per heavy atom. The molecule has 2 atom stereocenters. The molecule has 2 amide bonds. The molecule has 3 aromatic carbocycles. The van der Waals surface area contributed by atoms with Gasteiger partial charge in [0, 0.05) is 22.0 Å². The van der Waals surface area contributed by atoms with Gasteiger partial charge in [-0.1, -0.05) is 52.3 Å². The van der Waals surface area contributed by atoms with Gasteiger partial charge in [0.1, 0.15) is 17.6 Å². The van der Waals surface area contributed by atoms with Crippen LogP contribution in [0.5, 0.6) is 11.5 Å². The number of thiol groups is 1. The van der Waals surface area contributed by atoms with Crippen LogP contribution in [0.4, 0.5) is 4.79 Å². The maximum Gasteiger partial charge on any atom is 0.414 e. The molecule has 0 spiro atoms. The van der Waals surface area contributed by atoms with Crippen LogP contribution < -0.4 is 10.1 Å². The Morgan fingerprint density at radius 1 is 0.973 bits per heavy atom. The van der Waals surface area contributed by atoms with Crippen molar-refractivity contribution < 1.29 is 33.7 Å². The number of aromatic hydroxyl groups is 1. The topological polar surface area (TPSA) is 111 Å². The maximum atomic E-state index is 12.9. The van der Waals surface area contributed by atoms with Crippen molar-refractivity contribution in [3.05, 3.63) is 92.9 Å². The smallest absolute Gasteiger partial charge is 0.414 e. The standard InChI is InChI=1S/C26H23Br2NO7S/c27-17-13-19(23(31)20(28)14-17)24(36-26(33)29-25(32)16-7-3-1-4-8-16)21(11-12-34-22(30)15-37)35-18-9-5-2-6-10-18/h1-10,13-14,21,24,31,37H,11-12,15H2,(H,29,32,33)/t21-,24-/m1/s1. The van der Waals surface area contributed by atoms with Gasteiger partial charge in [-0.3, -0.25) is 14.9 Å². The fourth-order valence-electron chi connectivity index (χ4n) is 3.32. The van der Waals surface area contributed by atoms with Crippen molar-refractivity contribution in [2.45, 2.75) is 18.6 Å². The van der Waals surface area contributed by atoms with Crippen molar-refractivity contribution in [1.82, 2.24) is 5.32 Å². The lowest BCUT2D eigenvalue weighted by atomic mass is 10.0. The number of rotatable bonds is 10. The summed E-state index contributed by atoms with van der Waals surface area (Å²) < 4.78 is 17.9. The van der Waals surface area contributed by atoms with Crippen molar-refractivity contribution in [1.29, 1.82) is 0 Å². The number of ether oxygens (including phenoxy) is 3. The number of carbonyl (C=O) groups is 3. The van der Waals surface area contributed by atoms with E-state index in [1.807, 2.05) is 6.07 Å². The molecule has 3 aromatic rings. The second-order valence-electron chi connectivity index (χ2n) is 7.61. The first-order valence-corrected chi connectivity index (χ1v) is 13.2. The zero-order chi connectivity index (χ0) is 26.8. The number of phenols is 1. The van der Waals surface area contributed by atoms with E-state index in [9.17, 15) is 19.5 Å². The third kappa shape index (κ3) is 8.51. The van der Waals surface area contributed by atoms with E-state index in [-0.39, 0.29) is 35.7 Å². The molecule has 0 aromatic heterocycles. The number of amides is 2. The van der Waals surface area contributed by atoms with E-state index >= 15 is 0 Å². The lowest BCUT2D eigenvalue weighted by Gasteiger charge is -2.29. The predicted molar refractivity (Wildman–Crippen MR) is 147 cm³/mol. The number of para-hydroxylation sites is 1. The van der Waals surface area contributed by atoms with Crippen molar-refractivity contribution in [2.75, 3.05) is 12.4 Å². The first-order valence-electron chi connectivity index (χ1n) is 11.0. The van der Waals surface area contributed by atoms with Gasteiger partial charge in [-0.25, -0.2) is 4.79 Å². The minimum atomic E-state index is -1.22. The summed E-state index contributed by atoms with van der Waals surface area (Å²) in [6, 6.07) is 20.1. The van der Waals surface area contributed by atoms with Crippen molar-refractivity contribution in [3.63, 3.8) is 0 Å². The first-order chi connectivity index (χ1) is 17.8. The van der Waals surface area contributed by atoms with Crippen molar-refractivity contribution >= 4 is 62.5 Å². The second-order valence-corrected chi connectivity index (χ2v) is 9.69. The fourth-order valence-corrected chi connectivity index (χ4v) is 4.67. The van der Waals surface area contributed by atoms with Gasteiger partial charge in [0.15, 0.2) is 6.10 Å². The molecule has 11 heteroatoms. The Bertz CT molecular complexity index is 1230. The van der Waals surface area contributed by atoms with E-state index in [1.54, 1.807) is 66.7 Å². The van der Waals surface area contributed by atoms with Crippen LogP contribution in [0.1, 0.15) is 28.4 Å². The van der Waals surface area contributed by atoms with Gasteiger partial charge in [-0.2, -0.15) is 12.6 Å². The Hall–Kier alpha value is -3.02. The number of carbonyl (C=O) groups excluding carboxylic acids is 3. The molecular formula is C26H23Br2NO7S. The van der Waals surface area contributed by atoms with Crippen LogP contribution in [-0.2, 0) is 14.3 Å². The number of nitrogens with one attached hydrogen (secondary N) is 1. The van der Waals surface area contributed by atoms with Crippen LogP contribution in [0.25, 0.3) is 0 Å². The largest absolute Gasteiger partial charge is 0.506 e. The molecule has 37 heavy (non-hydrogen) atoms. The summed E-state index contributed by atoms with van der Waals surface area (Å²) in [4.78, 5) is 37.0. The van der Waals surface area contributed by atoms with Crippen molar-refractivity contribution in [2.24, 2.45) is 0 Å². The van der Waals surface area contributed by atoms with Crippen LogP contribution in [0.2, 0.25) is 0 Å². The molecule has 0 aliphatic carbocycles. The van der Waals surface area contributed by atoms with E-state index < -0.39 is 30.2 Å². The first kappa shape index (κ1) is 28.5.